The van der Waals surface area contributed by atoms with Gasteiger partial charge in [0, 0.05) is 17.5 Å². The molecule has 2 unspecified atom stereocenters. The number of carbonyl (C=O) groups is 4. The highest BCUT2D eigenvalue weighted by Gasteiger charge is 2.55. The van der Waals surface area contributed by atoms with Crippen LogP contribution in [0.4, 0.5) is 0 Å². The number of carboxylic acids is 1. The van der Waals surface area contributed by atoms with Gasteiger partial charge in [0.05, 0.1) is 4.86 Å². The van der Waals surface area contributed by atoms with Crippen molar-refractivity contribution in [1.29, 1.82) is 0 Å². The number of phenols is 1. The van der Waals surface area contributed by atoms with Crippen LogP contribution < -0.4 is 16.2 Å². The van der Waals surface area contributed by atoms with Gasteiger partial charge < -0.3 is 20.8 Å². The minimum absolute atomic E-state index is 0.0846. The highest BCUT2D eigenvalue weighted by atomic mass is 32.2. The zero-order chi connectivity index (χ0) is 29.4. The summed E-state index contributed by atoms with van der Waals surface area (Å²) in [6.07, 6.45) is 1.20. The average Bonchev–Trinajstić information content (AvgIpc) is 3.40. The van der Waals surface area contributed by atoms with Crippen LogP contribution in [0.1, 0.15) is 32.0 Å². The molecule has 2 aliphatic heterocycles. The smallest absolute Gasteiger partial charge is 0.353 e. The van der Waals surface area contributed by atoms with Gasteiger partial charge in [0.1, 0.15) is 39.5 Å². The number of β-lactam (4-membered cyclic amide) rings is 1. The topological polar surface area (TPSA) is 208 Å². The summed E-state index contributed by atoms with van der Waals surface area (Å²) in [4.78, 5) is 65.0. The van der Waals surface area contributed by atoms with Gasteiger partial charge in [-0.2, -0.15) is 5.10 Å². The average molecular weight is 614 g/mol. The molecule has 210 valence electrons. The van der Waals surface area contributed by atoms with Gasteiger partial charge in [0.15, 0.2) is 5.01 Å². The number of aromatic hydroxyl groups is 1. The highest BCUT2D eigenvalue weighted by Crippen LogP contribution is 2.41. The van der Waals surface area contributed by atoms with E-state index in [4.69, 9.17) is 12.2 Å². The number of aromatic amines is 1. The zero-order valence-corrected chi connectivity index (χ0v) is 23.3. The molecule has 3 atom stereocenters. The van der Waals surface area contributed by atoms with E-state index in [1.807, 2.05) is 0 Å². The Bertz CT molecular complexity index is 1680. The number of rotatable bonds is 8. The van der Waals surface area contributed by atoms with Gasteiger partial charge in [-0.25, -0.2) is 9.89 Å². The summed E-state index contributed by atoms with van der Waals surface area (Å²) < 4.78 is 0. The summed E-state index contributed by atoms with van der Waals surface area (Å²) in [7, 11) is 0. The van der Waals surface area contributed by atoms with E-state index in [0.29, 0.717) is 10.0 Å². The Morgan fingerprint density at radius 3 is 2.54 bits per heavy atom. The number of nitrogens with one attached hydrogen (secondary N) is 3. The molecule has 0 saturated carbocycles. The van der Waals surface area contributed by atoms with E-state index in [1.165, 1.54) is 59.6 Å². The van der Waals surface area contributed by atoms with E-state index in [2.05, 4.69) is 31.0 Å². The number of aliphatic carboxylic acids is 1. The molecule has 0 bridgehead atoms. The van der Waals surface area contributed by atoms with Crippen LogP contribution in [0.15, 0.2) is 52.6 Å². The largest absolute Gasteiger partial charge is 0.508 e. The van der Waals surface area contributed by atoms with E-state index < -0.39 is 46.7 Å². The Morgan fingerprint density at radius 2 is 1.90 bits per heavy atom. The molecule has 17 heteroatoms. The fourth-order valence-electron chi connectivity index (χ4n) is 4.25. The highest BCUT2D eigenvalue weighted by molar-refractivity contribution is 8.00. The van der Waals surface area contributed by atoms with Gasteiger partial charge in [0.25, 0.3) is 17.4 Å². The molecule has 1 fully saturated rings. The van der Waals surface area contributed by atoms with Gasteiger partial charge in [0.2, 0.25) is 5.91 Å². The number of fused-ring (bicyclic) bond motifs is 1. The predicted molar refractivity (Wildman–Crippen MR) is 149 cm³/mol. The fraction of sp³-hybridized carbons (Fsp3) is 0.208. The van der Waals surface area contributed by atoms with Gasteiger partial charge >= 0.3 is 5.97 Å². The summed E-state index contributed by atoms with van der Waals surface area (Å²) >= 11 is 7.89. The van der Waals surface area contributed by atoms with E-state index in [-0.39, 0.29) is 38.8 Å². The molecule has 4 heterocycles. The minimum atomic E-state index is -1.37. The maximum atomic E-state index is 13.4. The second-order valence-electron chi connectivity index (χ2n) is 8.78. The molecule has 3 amide bonds. The number of H-pyrrole nitrogens is 1. The van der Waals surface area contributed by atoms with Crippen molar-refractivity contribution in [2.75, 3.05) is 5.75 Å². The van der Waals surface area contributed by atoms with Gasteiger partial charge in [-0.1, -0.05) is 35.7 Å². The number of carbonyl (C=O) groups excluding carboxylic acids is 3. The summed E-state index contributed by atoms with van der Waals surface area (Å²) in [6, 6.07) is 4.11. The van der Waals surface area contributed by atoms with Gasteiger partial charge in [-0.05, 0) is 30.7 Å². The molecule has 3 aromatic rings. The number of hydrogen-bond acceptors (Lipinski definition) is 12. The fourth-order valence-corrected chi connectivity index (χ4v) is 6.68. The zero-order valence-electron chi connectivity index (χ0n) is 20.9. The molecule has 1 aromatic carbocycles. The Morgan fingerprint density at radius 1 is 1.17 bits per heavy atom. The number of nitrogens with zero attached hydrogens (tertiary/aromatic N) is 4. The van der Waals surface area contributed by atoms with Crippen LogP contribution in [0.5, 0.6) is 5.75 Å². The van der Waals surface area contributed by atoms with Crippen molar-refractivity contribution in [1.82, 2.24) is 35.9 Å². The summed E-state index contributed by atoms with van der Waals surface area (Å²) in [5.74, 6) is -3.65. The van der Waals surface area contributed by atoms with Crippen molar-refractivity contribution in [3.63, 3.8) is 0 Å². The van der Waals surface area contributed by atoms with Crippen molar-refractivity contribution in [2.24, 2.45) is 0 Å². The first-order chi connectivity index (χ1) is 19.6. The molecule has 0 spiro atoms. The third-order valence-corrected chi connectivity index (χ3v) is 8.90. The number of thiocarbonyl (C=S) groups is 1. The molecule has 0 aliphatic carbocycles. The Balaban J connectivity index is 1.39. The number of aryl methyl sites for hydroxylation is 1. The number of phenolic OH excluding ortho intramolecular Hbond substituents is 1. The van der Waals surface area contributed by atoms with Crippen molar-refractivity contribution in [3.05, 3.63) is 79.3 Å². The van der Waals surface area contributed by atoms with E-state index in [0.717, 1.165) is 4.90 Å². The lowest BCUT2D eigenvalue weighted by Crippen LogP contribution is -2.71. The Kier molecular flexibility index (Phi) is 7.65. The lowest BCUT2D eigenvalue weighted by atomic mass is 10.00. The van der Waals surface area contributed by atoms with Crippen molar-refractivity contribution in [3.8, 4) is 5.75 Å². The van der Waals surface area contributed by atoms with E-state index in [9.17, 15) is 34.2 Å². The standard InChI is InChI=1S/C24H19N7O7S3/c1-9-28-30-21(41-9)17(39)13-8-40-23-15(22(36)31(23)16(13)24(37)38)27-20(35)14(10-2-4-11(32)5-3-10)26-18(33)12-6-7-25-29-19(12)34/h2-7,14-15,23,32H,8H2,1H3,(H,26,33)(H,27,35)(H,29,34)(H,37,38)/t14?,15?,23-/m0/s1. The number of thioether (sulfide) groups is 1. The lowest BCUT2D eigenvalue weighted by molar-refractivity contribution is -0.150. The molecular formula is C24H19N7O7S3. The number of aromatic nitrogens is 4. The first-order valence-corrected chi connectivity index (χ1v) is 14.0. The molecule has 0 radical (unpaired) electrons. The van der Waals surface area contributed by atoms with Gasteiger partial charge in [-0.15, -0.1) is 22.0 Å². The maximum absolute atomic E-state index is 13.4. The molecule has 1 saturated heterocycles. The SMILES string of the molecule is Cc1nnc(C(=S)C2=C(C(=O)O)N3C(=O)C(NC(=O)C(NC(=O)c4ccn[nH]c4=O)c4ccc(O)cc4)[C@@H]3SC2)s1. The summed E-state index contributed by atoms with van der Waals surface area (Å²) in [5.41, 5.74) is -0.855. The number of benzene rings is 1. The summed E-state index contributed by atoms with van der Waals surface area (Å²) in [6.45, 7) is 1.73. The third-order valence-electron chi connectivity index (χ3n) is 6.20. The number of hydrogen-bond donors (Lipinski definition) is 5. The number of carboxylic acid groups (broad SMARTS) is 1. The Hall–Kier alpha value is -4.48. The van der Waals surface area contributed by atoms with Crippen molar-refractivity contribution < 1.29 is 29.4 Å². The molecule has 5 N–H and O–H groups in total. The quantitative estimate of drug-likeness (QED) is 0.132. The predicted octanol–water partition coefficient (Wildman–Crippen LogP) is 0.263. The van der Waals surface area contributed by atoms with Crippen LogP contribution in [0.3, 0.4) is 0 Å². The van der Waals surface area contributed by atoms with Crippen LogP contribution in [0.2, 0.25) is 0 Å². The number of amides is 3. The van der Waals surface area contributed by atoms with Crippen molar-refractivity contribution in [2.45, 2.75) is 24.4 Å². The van der Waals surface area contributed by atoms with Crippen LogP contribution in [-0.2, 0) is 14.4 Å². The second-order valence-corrected chi connectivity index (χ2v) is 11.5. The second kappa shape index (κ2) is 11.2. The molecule has 2 aliphatic rings. The lowest BCUT2D eigenvalue weighted by Gasteiger charge is -2.49. The van der Waals surface area contributed by atoms with Crippen LogP contribution in [-0.4, -0.2) is 81.2 Å². The monoisotopic (exact) mass is 613 g/mol. The minimum Gasteiger partial charge on any atom is -0.508 e. The first kappa shape index (κ1) is 28.1. The van der Waals surface area contributed by atoms with Crippen molar-refractivity contribution >= 4 is 63.9 Å². The normalized spacial score (nSPS) is 18.7. The molecule has 2 aromatic heterocycles. The third kappa shape index (κ3) is 5.33. The Labute approximate surface area is 243 Å². The molecule has 14 nitrogen and oxygen atoms in total. The first-order valence-electron chi connectivity index (χ1n) is 11.8. The van der Waals surface area contributed by atoms with Gasteiger partial charge in [-0.3, -0.25) is 24.1 Å². The van der Waals surface area contributed by atoms with E-state index in [1.54, 1.807) is 6.92 Å². The molecule has 41 heavy (non-hydrogen) atoms. The maximum Gasteiger partial charge on any atom is 0.353 e. The van der Waals surface area contributed by atoms with E-state index >= 15 is 0 Å². The van der Waals surface area contributed by atoms with Crippen LogP contribution in [0.25, 0.3) is 0 Å². The van der Waals surface area contributed by atoms with Crippen LogP contribution in [0, 0.1) is 6.92 Å². The molecular weight excluding hydrogens is 595 g/mol. The summed E-state index contributed by atoms with van der Waals surface area (Å²) in [5, 5.41) is 38.5. The van der Waals surface area contributed by atoms with Crippen LogP contribution >= 0.6 is 35.3 Å². The molecule has 5 rings (SSSR count).